The summed E-state index contributed by atoms with van der Waals surface area (Å²) in [5.41, 5.74) is 3.29. The number of fused-ring (bicyclic) bond motifs is 1. The van der Waals surface area contributed by atoms with Crippen molar-refractivity contribution in [2.24, 2.45) is 0 Å². The van der Waals surface area contributed by atoms with Gasteiger partial charge in [-0.15, -0.1) is 0 Å². The minimum atomic E-state index is -0.248. The van der Waals surface area contributed by atoms with Crippen LogP contribution in [-0.4, -0.2) is 25.1 Å². The maximum atomic E-state index is 13.1. The van der Waals surface area contributed by atoms with Gasteiger partial charge in [0.15, 0.2) is 0 Å². The van der Waals surface area contributed by atoms with Crippen molar-refractivity contribution in [2.75, 3.05) is 0 Å². The van der Waals surface area contributed by atoms with Crippen LogP contribution >= 0.6 is 0 Å². The number of nitrogens with zero attached hydrogens (tertiary/aromatic N) is 3. The Kier molecular flexibility index (Phi) is 4.96. The zero-order valence-electron chi connectivity index (χ0n) is 18.6. The van der Waals surface area contributed by atoms with Crippen molar-refractivity contribution in [3.8, 4) is 45.7 Å². The number of H-pyrrole nitrogens is 2. The number of hydrogen-bond donors (Lipinski definition) is 2. The van der Waals surface area contributed by atoms with Crippen LogP contribution in [0, 0.1) is 6.92 Å². The molecule has 170 valence electrons. The highest BCUT2D eigenvalue weighted by molar-refractivity contribution is 5.99. The number of para-hydroxylation sites is 2. The molecule has 6 rings (SSSR count). The van der Waals surface area contributed by atoms with Gasteiger partial charge >= 0.3 is 0 Å². The summed E-state index contributed by atoms with van der Waals surface area (Å²) in [6.45, 7) is 1.87. The molecule has 0 saturated carbocycles. The van der Waals surface area contributed by atoms with Crippen LogP contribution in [0.1, 0.15) is 5.69 Å². The monoisotopic (exact) mass is 461 g/mol. The highest BCUT2D eigenvalue weighted by atomic mass is 16.5. The van der Waals surface area contributed by atoms with Gasteiger partial charge < -0.3 is 19.2 Å². The fraction of sp³-hybridized carbons (Fsp3) is 0.0370. The Morgan fingerprint density at radius 1 is 0.914 bits per heavy atom. The highest BCUT2D eigenvalue weighted by Gasteiger charge is 2.19. The maximum absolute atomic E-state index is 13.1. The maximum Gasteiger partial charge on any atom is 0.274 e. The lowest BCUT2D eigenvalue weighted by Gasteiger charge is -2.11. The Labute approximate surface area is 199 Å². The van der Waals surface area contributed by atoms with Gasteiger partial charge in [0.05, 0.1) is 11.1 Å². The first kappa shape index (κ1) is 20.6. The summed E-state index contributed by atoms with van der Waals surface area (Å²) in [5, 5.41) is 5.35. The van der Waals surface area contributed by atoms with E-state index in [0.717, 1.165) is 33.7 Å². The number of aryl methyl sites for hydroxylation is 1. The lowest BCUT2D eigenvalue weighted by atomic mass is 10.1. The SMILES string of the molecule is Cc1[nH]c(-c2ccccc2Oc2ccccc2)c2cc(-c3nc(-c4ccncc4)no3)[nH]c(=O)c12. The van der Waals surface area contributed by atoms with Crippen molar-refractivity contribution in [1.29, 1.82) is 0 Å². The Morgan fingerprint density at radius 2 is 1.69 bits per heavy atom. The van der Waals surface area contributed by atoms with Crippen molar-refractivity contribution >= 4 is 10.8 Å². The van der Waals surface area contributed by atoms with Crippen LogP contribution in [0.4, 0.5) is 0 Å². The van der Waals surface area contributed by atoms with E-state index in [4.69, 9.17) is 9.26 Å². The van der Waals surface area contributed by atoms with Crippen molar-refractivity contribution in [1.82, 2.24) is 25.1 Å². The van der Waals surface area contributed by atoms with Crippen LogP contribution in [-0.2, 0) is 0 Å². The standard InChI is InChI=1S/C27H19N5O3/c1-16-23-20(24(29-16)19-9-5-6-10-22(19)34-18-7-3-2-4-8-18)15-21(30-26(23)33)27-31-25(32-35-27)17-11-13-28-14-12-17/h2-15,29H,1H3,(H,30,33). The van der Waals surface area contributed by atoms with E-state index < -0.39 is 0 Å². The number of ether oxygens (including phenoxy) is 1. The van der Waals surface area contributed by atoms with Crippen LogP contribution in [0.25, 0.3) is 45.0 Å². The number of aromatic nitrogens is 5. The van der Waals surface area contributed by atoms with E-state index in [1.165, 1.54) is 0 Å². The van der Waals surface area contributed by atoms with Gasteiger partial charge in [-0.3, -0.25) is 9.78 Å². The summed E-state index contributed by atoms with van der Waals surface area (Å²) >= 11 is 0. The predicted molar refractivity (Wildman–Crippen MR) is 132 cm³/mol. The topological polar surface area (TPSA) is 110 Å². The van der Waals surface area contributed by atoms with E-state index in [-0.39, 0.29) is 11.4 Å². The van der Waals surface area contributed by atoms with E-state index in [9.17, 15) is 4.79 Å². The van der Waals surface area contributed by atoms with Gasteiger partial charge in [-0.1, -0.05) is 35.5 Å². The van der Waals surface area contributed by atoms with Crippen molar-refractivity contribution in [2.45, 2.75) is 6.92 Å². The second kappa shape index (κ2) is 8.42. The first-order valence-electron chi connectivity index (χ1n) is 11.0. The van der Waals surface area contributed by atoms with E-state index in [1.54, 1.807) is 24.5 Å². The first-order chi connectivity index (χ1) is 17.2. The molecule has 0 spiro atoms. The molecule has 0 atom stereocenters. The van der Waals surface area contributed by atoms with Crippen molar-refractivity contribution < 1.29 is 9.26 Å². The molecular weight excluding hydrogens is 442 g/mol. The molecule has 0 aliphatic heterocycles. The van der Waals surface area contributed by atoms with E-state index >= 15 is 0 Å². The summed E-state index contributed by atoms with van der Waals surface area (Å²) in [4.78, 5) is 27.8. The number of benzene rings is 2. The zero-order chi connectivity index (χ0) is 23.8. The van der Waals surface area contributed by atoms with E-state index in [2.05, 4.69) is 25.1 Å². The van der Waals surface area contributed by atoms with E-state index in [0.29, 0.717) is 22.7 Å². The number of aromatic amines is 2. The molecule has 8 nitrogen and oxygen atoms in total. The van der Waals surface area contributed by atoms with Crippen LogP contribution in [0.2, 0.25) is 0 Å². The molecule has 0 aliphatic carbocycles. The third-order valence-electron chi connectivity index (χ3n) is 5.71. The molecular formula is C27H19N5O3. The number of nitrogens with one attached hydrogen (secondary N) is 2. The molecule has 0 radical (unpaired) electrons. The number of rotatable bonds is 5. The lowest BCUT2D eigenvalue weighted by Crippen LogP contribution is -2.07. The third-order valence-corrected chi connectivity index (χ3v) is 5.71. The second-order valence-electron chi connectivity index (χ2n) is 8.00. The third kappa shape index (κ3) is 3.76. The molecule has 0 fully saturated rings. The molecule has 2 N–H and O–H groups in total. The summed E-state index contributed by atoms with van der Waals surface area (Å²) in [7, 11) is 0. The molecule has 0 aliphatic rings. The summed E-state index contributed by atoms with van der Waals surface area (Å²) in [6, 6.07) is 22.7. The predicted octanol–water partition coefficient (Wildman–Crippen LogP) is 5.74. The van der Waals surface area contributed by atoms with Crippen LogP contribution in [0.3, 0.4) is 0 Å². The van der Waals surface area contributed by atoms with Gasteiger partial charge in [0.1, 0.15) is 17.2 Å². The minimum absolute atomic E-state index is 0.217. The van der Waals surface area contributed by atoms with Crippen LogP contribution in [0.15, 0.2) is 94.5 Å². The van der Waals surface area contributed by atoms with Crippen molar-refractivity contribution in [3.05, 3.63) is 101 Å². The Bertz CT molecular complexity index is 1700. The van der Waals surface area contributed by atoms with Crippen LogP contribution in [0.5, 0.6) is 11.5 Å². The Morgan fingerprint density at radius 3 is 2.51 bits per heavy atom. The van der Waals surface area contributed by atoms with Gasteiger partial charge in [0, 0.05) is 34.6 Å². The molecule has 2 aromatic carbocycles. The quantitative estimate of drug-likeness (QED) is 0.339. The average molecular weight is 461 g/mol. The first-order valence-corrected chi connectivity index (χ1v) is 11.0. The van der Waals surface area contributed by atoms with Crippen molar-refractivity contribution in [3.63, 3.8) is 0 Å². The number of pyridine rings is 2. The van der Waals surface area contributed by atoms with Gasteiger partial charge in [-0.05, 0) is 49.4 Å². The molecule has 0 amide bonds. The van der Waals surface area contributed by atoms with Gasteiger partial charge in [0.2, 0.25) is 5.82 Å². The molecule has 35 heavy (non-hydrogen) atoms. The molecule has 8 heteroatoms. The fourth-order valence-electron chi connectivity index (χ4n) is 4.10. The second-order valence-corrected chi connectivity index (χ2v) is 8.00. The molecule has 6 aromatic rings. The summed E-state index contributed by atoms with van der Waals surface area (Å²) < 4.78 is 11.6. The van der Waals surface area contributed by atoms with E-state index in [1.807, 2.05) is 67.6 Å². The molecule has 0 bridgehead atoms. The minimum Gasteiger partial charge on any atom is -0.457 e. The molecule has 4 aromatic heterocycles. The molecule has 4 heterocycles. The lowest BCUT2D eigenvalue weighted by molar-refractivity contribution is 0.431. The van der Waals surface area contributed by atoms with Gasteiger partial charge in [0.25, 0.3) is 11.4 Å². The largest absolute Gasteiger partial charge is 0.457 e. The summed E-state index contributed by atoms with van der Waals surface area (Å²) in [5.74, 6) is 2.02. The normalized spacial score (nSPS) is 11.1. The zero-order valence-corrected chi connectivity index (χ0v) is 18.6. The van der Waals surface area contributed by atoms with Gasteiger partial charge in [-0.25, -0.2) is 0 Å². The van der Waals surface area contributed by atoms with Crippen LogP contribution < -0.4 is 10.3 Å². The number of hydrogen-bond acceptors (Lipinski definition) is 6. The van der Waals surface area contributed by atoms with Gasteiger partial charge in [-0.2, -0.15) is 4.98 Å². The Balaban J connectivity index is 1.48. The highest BCUT2D eigenvalue weighted by Crippen LogP contribution is 2.37. The Hall–Kier alpha value is -4.98. The molecule has 0 unspecified atom stereocenters. The fourth-order valence-corrected chi connectivity index (χ4v) is 4.10. The summed E-state index contributed by atoms with van der Waals surface area (Å²) in [6.07, 6.45) is 3.31. The smallest absolute Gasteiger partial charge is 0.274 e. The molecule has 0 saturated heterocycles. The average Bonchev–Trinajstić information content (AvgIpc) is 3.51.